The van der Waals surface area contributed by atoms with Gasteiger partial charge in [-0.2, -0.15) is 0 Å². The molecule has 1 rings (SSSR count). The number of benzene rings is 1. The van der Waals surface area contributed by atoms with Crippen molar-refractivity contribution in [3.8, 4) is 5.75 Å². The van der Waals surface area contributed by atoms with E-state index in [2.05, 4.69) is 0 Å². The SMILES string of the molecule is CCC(OC(=O)CCC(=O)Oc1cccc(F)c1)C(C)C. The number of hydrogen-bond acceptors (Lipinski definition) is 4. The highest BCUT2D eigenvalue weighted by Crippen LogP contribution is 2.14. The highest BCUT2D eigenvalue weighted by Gasteiger charge is 2.17. The van der Waals surface area contributed by atoms with Gasteiger partial charge in [0.15, 0.2) is 0 Å². The predicted octanol–water partition coefficient (Wildman–Crippen LogP) is 3.49. The van der Waals surface area contributed by atoms with E-state index in [1.165, 1.54) is 18.2 Å². The van der Waals surface area contributed by atoms with Gasteiger partial charge in [0.1, 0.15) is 17.7 Å². The predicted molar refractivity (Wildman–Crippen MR) is 76.3 cm³/mol. The zero-order chi connectivity index (χ0) is 15.8. The largest absolute Gasteiger partial charge is 0.462 e. The molecule has 1 atom stereocenters. The highest BCUT2D eigenvalue weighted by atomic mass is 19.1. The molecule has 116 valence electrons. The van der Waals surface area contributed by atoms with Crippen LogP contribution in [0.3, 0.4) is 0 Å². The van der Waals surface area contributed by atoms with Crippen LogP contribution in [-0.2, 0) is 14.3 Å². The Bertz CT molecular complexity index is 485. The van der Waals surface area contributed by atoms with E-state index >= 15 is 0 Å². The molecule has 0 spiro atoms. The van der Waals surface area contributed by atoms with Crippen molar-refractivity contribution < 1.29 is 23.5 Å². The van der Waals surface area contributed by atoms with Crippen LogP contribution in [-0.4, -0.2) is 18.0 Å². The Hall–Kier alpha value is -1.91. The van der Waals surface area contributed by atoms with Crippen LogP contribution in [0.4, 0.5) is 4.39 Å². The van der Waals surface area contributed by atoms with E-state index in [0.717, 1.165) is 12.5 Å². The summed E-state index contributed by atoms with van der Waals surface area (Å²) in [6.45, 7) is 5.88. The van der Waals surface area contributed by atoms with Crippen molar-refractivity contribution in [2.75, 3.05) is 0 Å². The number of carbonyl (C=O) groups is 2. The zero-order valence-electron chi connectivity index (χ0n) is 12.6. The van der Waals surface area contributed by atoms with Gasteiger partial charge in [-0.1, -0.05) is 26.8 Å². The number of hydrogen-bond donors (Lipinski definition) is 0. The average molecular weight is 296 g/mol. The summed E-state index contributed by atoms with van der Waals surface area (Å²) < 4.78 is 23.1. The summed E-state index contributed by atoms with van der Waals surface area (Å²) in [6, 6.07) is 5.29. The molecule has 0 bridgehead atoms. The van der Waals surface area contributed by atoms with E-state index in [9.17, 15) is 14.0 Å². The lowest BCUT2D eigenvalue weighted by Gasteiger charge is -2.19. The molecule has 0 heterocycles. The van der Waals surface area contributed by atoms with E-state index in [4.69, 9.17) is 9.47 Å². The lowest BCUT2D eigenvalue weighted by atomic mass is 10.1. The maximum absolute atomic E-state index is 12.9. The van der Waals surface area contributed by atoms with E-state index in [0.29, 0.717) is 0 Å². The van der Waals surface area contributed by atoms with Crippen molar-refractivity contribution in [1.29, 1.82) is 0 Å². The van der Waals surface area contributed by atoms with E-state index in [1.54, 1.807) is 0 Å². The Balaban J connectivity index is 2.37. The molecular formula is C16H21FO4. The Kier molecular flexibility index (Phi) is 6.85. The second-order valence-electron chi connectivity index (χ2n) is 5.11. The number of rotatable bonds is 7. The fourth-order valence-corrected chi connectivity index (χ4v) is 1.84. The van der Waals surface area contributed by atoms with Crippen molar-refractivity contribution in [1.82, 2.24) is 0 Å². The maximum atomic E-state index is 12.9. The third-order valence-electron chi connectivity index (χ3n) is 2.99. The molecule has 0 N–H and O–H groups in total. The lowest BCUT2D eigenvalue weighted by Crippen LogP contribution is -2.23. The Morgan fingerprint density at radius 1 is 1.19 bits per heavy atom. The first kappa shape index (κ1) is 17.1. The monoisotopic (exact) mass is 296 g/mol. The van der Waals surface area contributed by atoms with Gasteiger partial charge < -0.3 is 9.47 Å². The number of carbonyl (C=O) groups excluding carboxylic acids is 2. The third kappa shape index (κ3) is 6.38. The Morgan fingerprint density at radius 2 is 1.86 bits per heavy atom. The van der Waals surface area contributed by atoms with Crippen LogP contribution in [0.1, 0.15) is 40.0 Å². The summed E-state index contributed by atoms with van der Waals surface area (Å²) in [5.74, 6) is -1.13. The standard InChI is InChI=1S/C16H21FO4/c1-4-14(11(2)3)21-16(19)9-8-15(18)20-13-7-5-6-12(17)10-13/h5-7,10-11,14H,4,8-9H2,1-3H3. The van der Waals surface area contributed by atoms with E-state index < -0.39 is 17.8 Å². The smallest absolute Gasteiger partial charge is 0.311 e. The second kappa shape index (κ2) is 8.39. The first-order chi connectivity index (χ1) is 9.92. The van der Waals surface area contributed by atoms with Crippen molar-refractivity contribution in [3.63, 3.8) is 0 Å². The van der Waals surface area contributed by atoms with Gasteiger partial charge in [0.2, 0.25) is 0 Å². The van der Waals surface area contributed by atoms with Gasteiger partial charge >= 0.3 is 11.9 Å². The van der Waals surface area contributed by atoms with Gasteiger partial charge in [-0.3, -0.25) is 9.59 Å². The highest BCUT2D eigenvalue weighted by molar-refractivity contribution is 5.79. The van der Waals surface area contributed by atoms with Gasteiger partial charge in [0, 0.05) is 6.07 Å². The van der Waals surface area contributed by atoms with Gasteiger partial charge in [-0.15, -0.1) is 0 Å². The molecule has 0 aliphatic heterocycles. The number of halogens is 1. The minimum atomic E-state index is -0.588. The topological polar surface area (TPSA) is 52.6 Å². The first-order valence-corrected chi connectivity index (χ1v) is 7.08. The Morgan fingerprint density at radius 3 is 2.43 bits per heavy atom. The molecule has 21 heavy (non-hydrogen) atoms. The fraction of sp³-hybridized carbons (Fsp3) is 0.500. The van der Waals surface area contributed by atoms with Gasteiger partial charge in [-0.25, -0.2) is 4.39 Å². The number of ether oxygens (including phenoxy) is 2. The van der Waals surface area contributed by atoms with Crippen LogP contribution in [0.2, 0.25) is 0 Å². The van der Waals surface area contributed by atoms with Crippen LogP contribution < -0.4 is 4.74 Å². The average Bonchev–Trinajstić information content (AvgIpc) is 2.42. The van der Waals surface area contributed by atoms with Gasteiger partial charge in [0.05, 0.1) is 12.8 Å². The minimum absolute atomic E-state index is 0.0443. The van der Waals surface area contributed by atoms with Crippen molar-refractivity contribution in [3.05, 3.63) is 30.1 Å². The summed E-state index contributed by atoms with van der Waals surface area (Å²) in [4.78, 5) is 23.2. The molecule has 0 aliphatic rings. The summed E-state index contributed by atoms with van der Waals surface area (Å²) >= 11 is 0. The van der Waals surface area contributed by atoms with Crippen molar-refractivity contribution in [2.24, 2.45) is 5.92 Å². The molecule has 4 nitrogen and oxygen atoms in total. The van der Waals surface area contributed by atoms with Gasteiger partial charge in [0.25, 0.3) is 0 Å². The normalized spacial score (nSPS) is 12.0. The third-order valence-corrected chi connectivity index (χ3v) is 2.99. The van der Waals surface area contributed by atoms with E-state index in [1.807, 2.05) is 20.8 Å². The molecule has 0 saturated carbocycles. The van der Waals surface area contributed by atoms with E-state index in [-0.39, 0.29) is 30.6 Å². The molecule has 5 heteroatoms. The molecule has 0 amide bonds. The lowest BCUT2D eigenvalue weighted by molar-refractivity contribution is -0.153. The van der Waals surface area contributed by atoms with Crippen LogP contribution >= 0.6 is 0 Å². The summed E-state index contributed by atoms with van der Waals surface area (Å²) in [6.07, 6.45) is 0.454. The summed E-state index contributed by atoms with van der Waals surface area (Å²) in [7, 11) is 0. The zero-order valence-corrected chi connectivity index (χ0v) is 12.6. The molecule has 0 fully saturated rings. The molecule has 1 aromatic carbocycles. The van der Waals surface area contributed by atoms with Crippen molar-refractivity contribution in [2.45, 2.75) is 46.1 Å². The second-order valence-corrected chi connectivity index (χ2v) is 5.11. The molecule has 1 aromatic rings. The molecule has 0 radical (unpaired) electrons. The maximum Gasteiger partial charge on any atom is 0.311 e. The molecular weight excluding hydrogens is 275 g/mol. The van der Waals surface area contributed by atoms with Crippen LogP contribution in [0.5, 0.6) is 5.75 Å². The van der Waals surface area contributed by atoms with Gasteiger partial charge in [-0.05, 0) is 24.5 Å². The molecule has 1 unspecified atom stereocenters. The summed E-state index contributed by atoms with van der Waals surface area (Å²) in [5, 5.41) is 0. The van der Waals surface area contributed by atoms with Crippen LogP contribution in [0.25, 0.3) is 0 Å². The number of esters is 2. The van der Waals surface area contributed by atoms with Crippen molar-refractivity contribution >= 4 is 11.9 Å². The first-order valence-electron chi connectivity index (χ1n) is 7.08. The molecule has 0 aliphatic carbocycles. The van der Waals surface area contributed by atoms with Crippen LogP contribution in [0.15, 0.2) is 24.3 Å². The Labute approximate surface area is 124 Å². The quantitative estimate of drug-likeness (QED) is 0.571. The summed E-state index contributed by atoms with van der Waals surface area (Å²) in [5.41, 5.74) is 0. The minimum Gasteiger partial charge on any atom is -0.462 e. The van der Waals surface area contributed by atoms with Crippen LogP contribution in [0, 0.1) is 11.7 Å². The molecule has 0 saturated heterocycles. The fourth-order valence-electron chi connectivity index (χ4n) is 1.84. The molecule has 0 aromatic heterocycles.